The molecule has 4 aromatic rings. The molecule has 0 saturated heterocycles. The minimum Gasteiger partial charge on any atom is -0.493 e. The summed E-state index contributed by atoms with van der Waals surface area (Å²) in [5, 5.41) is 7.34. The summed E-state index contributed by atoms with van der Waals surface area (Å²) in [6, 6.07) is 21.6. The summed E-state index contributed by atoms with van der Waals surface area (Å²) in [5.74, 6) is 0.108. The number of carbonyl (C=O) groups is 1. The Balaban J connectivity index is 1.74. The van der Waals surface area contributed by atoms with E-state index in [1.807, 2.05) is 6.07 Å². The van der Waals surface area contributed by atoms with Crippen LogP contribution in [0, 0.1) is 0 Å². The van der Waals surface area contributed by atoms with Crippen LogP contribution in [0.1, 0.15) is 10.4 Å². The molecular formula is C24H21N3O6S. The molecule has 0 radical (unpaired) electrons. The monoisotopic (exact) mass is 479 g/mol. The number of nitrogens with zero attached hydrogens (tertiary/aromatic N) is 1. The fourth-order valence-electron chi connectivity index (χ4n) is 3.17. The van der Waals surface area contributed by atoms with Crippen LogP contribution in [0.5, 0.6) is 11.5 Å². The van der Waals surface area contributed by atoms with Crippen LogP contribution in [0.3, 0.4) is 0 Å². The molecular weight excluding hydrogens is 458 g/mol. The first-order chi connectivity index (χ1) is 16.4. The van der Waals surface area contributed by atoms with Crippen LogP contribution in [-0.2, 0) is 10.0 Å². The number of methoxy groups -OCH3 is 2. The van der Waals surface area contributed by atoms with E-state index in [1.54, 1.807) is 54.6 Å². The number of ether oxygens (including phenoxy) is 2. The second-order valence-electron chi connectivity index (χ2n) is 7.05. The van der Waals surface area contributed by atoms with Gasteiger partial charge in [-0.15, -0.1) is 5.10 Å². The van der Waals surface area contributed by atoms with Gasteiger partial charge in [0.05, 0.1) is 19.1 Å². The Kier molecular flexibility index (Phi) is 6.51. The Hall–Kier alpha value is -4.31. The zero-order chi connectivity index (χ0) is 24.1. The molecule has 0 aliphatic carbocycles. The predicted molar refractivity (Wildman–Crippen MR) is 126 cm³/mol. The van der Waals surface area contributed by atoms with Crippen molar-refractivity contribution in [2.75, 3.05) is 19.5 Å². The zero-order valence-corrected chi connectivity index (χ0v) is 19.1. The predicted octanol–water partition coefficient (Wildman–Crippen LogP) is 3.50. The van der Waals surface area contributed by atoms with Crippen molar-refractivity contribution in [2.45, 2.75) is 4.90 Å². The zero-order valence-electron chi connectivity index (χ0n) is 18.3. The van der Waals surface area contributed by atoms with E-state index in [9.17, 15) is 13.2 Å². The number of rotatable bonds is 7. The molecule has 34 heavy (non-hydrogen) atoms. The molecule has 9 nitrogen and oxygen atoms in total. The molecule has 0 aliphatic rings. The van der Waals surface area contributed by atoms with E-state index in [1.165, 1.54) is 32.4 Å². The molecule has 0 fully saturated rings. The lowest BCUT2D eigenvalue weighted by Crippen LogP contribution is -2.27. The van der Waals surface area contributed by atoms with E-state index in [0.29, 0.717) is 22.4 Å². The Bertz CT molecular complexity index is 1520. The van der Waals surface area contributed by atoms with Crippen molar-refractivity contribution >= 4 is 32.6 Å². The molecule has 4 rings (SSSR count). The molecule has 10 heteroatoms. The SMILES string of the molecule is COc1ccc(S(=O)(=O)NN=c2oc3ccccc3cc2C(=O)Nc2ccccc2)cc1OC. The van der Waals surface area contributed by atoms with E-state index in [-0.39, 0.29) is 21.8 Å². The van der Waals surface area contributed by atoms with Gasteiger partial charge in [-0.3, -0.25) is 4.79 Å². The molecule has 0 unspecified atom stereocenters. The summed E-state index contributed by atoms with van der Waals surface area (Å²) >= 11 is 0. The van der Waals surface area contributed by atoms with Crippen molar-refractivity contribution in [1.82, 2.24) is 4.83 Å². The van der Waals surface area contributed by atoms with Gasteiger partial charge in [0, 0.05) is 17.1 Å². The number of amides is 1. The van der Waals surface area contributed by atoms with Crippen molar-refractivity contribution in [2.24, 2.45) is 5.10 Å². The van der Waals surface area contributed by atoms with E-state index in [4.69, 9.17) is 13.9 Å². The summed E-state index contributed by atoms with van der Waals surface area (Å²) < 4.78 is 41.8. The van der Waals surface area contributed by atoms with Gasteiger partial charge in [-0.1, -0.05) is 36.4 Å². The first kappa shape index (κ1) is 22.9. The number of sulfonamides is 1. The van der Waals surface area contributed by atoms with Crippen LogP contribution in [0.25, 0.3) is 11.0 Å². The normalized spacial score (nSPS) is 11.8. The first-order valence-corrected chi connectivity index (χ1v) is 11.6. The standard InChI is InChI=1S/C24H21N3O6S/c1-31-21-13-12-18(15-22(21)32-2)34(29,30)27-26-24-19(14-16-8-6-7-11-20(16)33-24)23(28)25-17-9-4-3-5-10-17/h3-15,27H,1-2H3,(H,25,28). The average molecular weight is 480 g/mol. The lowest BCUT2D eigenvalue weighted by molar-refractivity contribution is 0.102. The van der Waals surface area contributed by atoms with Gasteiger partial charge in [0.25, 0.3) is 15.9 Å². The molecule has 2 N–H and O–H groups in total. The van der Waals surface area contributed by atoms with Crippen LogP contribution in [0.4, 0.5) is 5.69 Å². The number of fused-ring (bicyclic) bond motifs is 1. The first-order valence-electron chi connectivity index (χ1n) is 10.1. The Morgan fingerprint density at radius 1 is 0.882 bits per heavy atom. The number of hydrogen-bond donors (Lipinski definition) is 2. The van der Waals surface area contributed by atoms with Crippen LogP contribution >= 0.6 is 0 Å². The maximum atomic E-state index is 13.0. The summed E-state index contributed by atoms with van der Waals surface area (Å²) in [6.45, 7) is 0. The highest BCUT2D eigenvalue weighted by molar-refractivity contribution is 7.89. The van der Waals surface area contributed by atoms with E-state index in [0.717, 1.165) is 0 Å². The highest BCUT2D eigenvalue weighted by Gasteiger charge is 2.18. The van der Waals surface area contributed by atoms with Crippen molar-refractivity contribution in [3.05, 3.63) is 90.0 Å². The van der Waals surface area contributed by atoms with Crippen LogP contribution in [0.15, 0.2) is 93.3 Å². The van der Waals surface area contributed by atoms with E-state index >= 15 is 0 Å². The van der Waals surface area contributed by atoms with E-state index in [2.05, 4.69) is 15.2 Å². The van der Waals surface area contributed by atoms with Gasteiger partial charge < -0.3 is 19.2 Å². The van der Waals surface area contributed by atoms with Crippen LogP contribution in [-0.4, -0.2) is 28.5 Å². The summed E-state index contributed by atoms with van der Waals surface area (Å²) in [5.41, 5.74) is 0.856. The molecule has 0 spiro atoms. The van der Waals surface area contributed by atoms with Gasteiger partial charge >= 0.3 is 0 Å². The minimum absolute atomic E-state index is 0.0533. The molecule has 174 valence electrons. The Morgan fingerprint density at radius 3 is 2.32 bits per heavy atom. The average Bonchev–Trinajstić information content (AvgIpc) is 2.87. The lowest BCUT2D eigenvalue weighted by atomic mass is 10.1. The molecule has 3 aromatic carbocycles. The van der Waals surface area contributed by atoms with Gasteiger partial charge in [0.15, 0.2) is 11.5 Å². The third-order valence-electron chi connectivity index (χ3n) is 4.86. The van der Waals surface area contributed by atoms with E-state index < -0.39 is 15.9 Å². The quantitative estimate of drug-likeness (QED) is 0.392. The van der Waals surface area contributed by atoms with Gasteiger partial charge in [0.1, 0.15) is 11.1 Å². The second kappa shape index (κ2) is 9.67. The molecule has 0 bridgehead atoms. The maximum Gasteiger partial charge on any atom is 0.276 e. The molecule has 1 aromatic heterocycles. The Morgan fingerprint density at radius 2 is 1.59 bits per heavy atom. The van der Waals surface area contributed by atoms with Gasteiger partial charge in [-0.2, -0.15) is 13.2 Å². The number of hydrogen-bond acceptors (Lipinski definition) is 7. The number of benzene rings is 3. The third-order valence-corrected chi connectivity index (χ3v) is 6.07. The summed E-state index contributed by atoms with van der Waals surface area (Å²) in [4.78, 5) is 15.0. The molecule has 1 heterocycles. The van der Waals surface area contributed by atoms with Crippen molar-refractivity contribution in [1.29, 1.82) is 0 Å². The summed E-state index contributed by atoms with van der Waals surface area (Å²) in [7, 11) is -1.27. The molecule has 1 amide bonds. The highest BCUT2D eigenvalue weighted by atomic mass is 32.2. The number of para-hydroxylation sites is 2. The van der Waals surface area contributed by atoms with Gasteiger partial charge in [-0.25, -0.2) is 0 Å². The highest BCUT2D eigenvalue weighted by Crippen LogP contribution is 2.29. The van der Waals surface area contributed by atoms with Gasteiger partial charge in [0.2, 0.25) is 5.55 Å². The number of nitrogens with one attached hydrogen (secondary N) is 2. The number of carbonyl (C=O) groups excluding carboxylic acids is 1. The Labute approximate surface area is 195 Å². The minimum atomic E-state index is -4.11. The van der Waals surface area contributed by atoms with Crippen LogP contribution < -0.4 is 25.2 Å². The van der Waals surface area contributed by atoms with Crippen molar-refractivity contribution in [3.63, 3.8) is 0 Å². The maximum absolute atomic E-state index is 13.0. The summed E-state index contributed by atoms with van der Waals surface area (Å²) in [6.07, 6.45) is 0. The van der Waals surface area contributed by atoms with Crippen molar-refractivity contribution < 1.29 is 27.1 Å². The topological polar surface area (TPSA) is 119 Å². The van der Waals surface area contributed by atoms with Crippen LogP contribution in [0.2, 0.25) is 0 Å². The largest absolute Gasteiger partial charge is 0.493 e. The third kappa shape index (κ3) is 4.86. The van der Waals surface area contributed by atoms with Gasteiger partial charge in [-0.05, 0) is 36.4 Å². The van der Waals surface area contributed by atoms with Crippen molar-refractivity contribution in [3.8, 4) is 11.5 Å². The molecule has 0 aliphatic heterocycles. The molecule has 0 atom stereocenters. The fourth-order valence-corrected chi connectivity index (χ4v) is 3.99. The lowest BCUT2D eigenvalue weighted by Gasteiger charge is -2.10. The molecule has 0 saturated carbocycles. The second-order valence-corrected chi connectivity index (χ2v) is 8.71. The smallest absolute Gasteiger partial charge is 0.276 e. The fraction of sp³-hybridized carbons (Fsp3) is 0.0833. The number of anilines is 1.